The Hall–Kier alpha value is -1.50. The van der Waals surface area contributed by atoms with Crippen LogP contribution in [-0.4, -0.2) is 57.5 Å². The highest BCUT2D eigenvalue weighted by Crippen LogP contribution is 2.17. The Morgan fingerprint density at radius 3 is 2.88 bits per heavy atom. The number of likely N-dealkylation sites (tertiary alicyclic amines) is 1. The molecule has 0 spiro atoms. The summed E-state index contributed by atoms with van der Waals surface area (Å²) < 4.78 is 17.9. The lowest BCUT2D eigenvalue weighted by atomic mass is 10.2. The van der Waals surface area contributed by atoms with Crippen LogP contribution in [-0.2, 0) is 17.3 Å². The van der Waals surface area contributed by atoms with Crippen LogP contribution in [0.3, 0.4) is 0 Å². The summed E-state index contributed by atoms with van der Waals surface area (Å²) in [5, 5.41) is 0. The number of likely N-dealkylation sites (N-methyl/N-ethyl adjacent to an activating group) is 1. The van der Waals surface area contributed by atoms with E-state index >= 15 is 0 Å². The minimum absolute atomic E-state index is 0.502. The Labute approximate surface area is 146 Å². The maximum Gasteiger partial charge on any atom is 0.208 e. The van der Waals surface area contributed by atoms with Gasteiger partial charge in [-0.15, -0.1) is 0 Å². The van der Waals surface area contributed by atoms with Crippen molar-refractivity contribution in [2.24, 2.45) is 0 Å². The van der Waals surface area contributed by atoms with Crippen LogP contribution in [0.4, 0.5) is 0 Å². The van der Waals surface area contributed by atoms with Gasteiger partial charge in [0.15, 0.2) is 0 Å². The van der Waals surface area contributed by atoms with Gasteiger partial charge in [0, 0.05) is 29.8 Å². The molecule has 130 valence electrons. The molecule has 1 aromatic carbocycles. The van der Waals surface area contributed by atoms with Gasteiger partial charge in [0.2, 0.25) is 5.89 Å². The van der Waals surface area contributed by atoms with E-state index in [1.807, 2.05) is 37.3 Å². The van der Waals surface area contributed by atoms with Crippen LogP contribution < -0.4 is 0 Å². The van der Waals surface area contributed by atoms with Crippen LogP contribution in [0.2, 0.25) is 0 Å². The third-order valence-electron chi connectivity index (χ3n) is 4.52. The molecule has 2 aromatic rings. The first kappa shape index (κ1) is 17.3. The van der Waals surface area contributed by atoms with Crippen LogP contribution in [0.1, 0.15) is 18.1 Å². The smallest absolute Gasteiger partial charge is 0.208 e. The Kier molecular flexibility index (Phi) is 5.81. The second-order valence-corrected chi connectivity index (χ2v) is 7.96. The number of rotatable bonds is 7. The van der Waals surface area contributed by atoms with E-state index in [4.69, 9.17) is 4.42 Å². The zero-order valence-electron chi connectivity index (χ0n) is 14.4. The number of nitrogens with zero attached hydrogens (tertiary/aromatic N) is 3. The molecule has 0 N–H and O–H groups in total. The van der Waals surface area contributed by atoms with E-state index < -0.39 is 10.8 Å². The molecule has 3 rings (SSSR count). The molecule has 2 atom stereocenters. The van der Waals surface area contributed by atoms with Crippen molar-refractivity contribution in [3.05, 3.63) is 48.2 Å². The van der Waals surface area contributed by atoms with Crippen molar-refractivity contribution in [2.45, 2.75) is 30.8 Å². The average Bonchev–Trinajstić information content (AvgIpc) is 3.22. The van der Waals surface area contributed by atoms with Crippen LogP contribution >= 0.6 is 0 Å². The molecule has 24 heavy (non-hydrogen) atoms. The first-order valence-corrected chi connectivity index (χ1v) is 9.71. The quantitative estimate of drug-likeness (QED) is 0.769. The van der Waals surface area contributed by atoms with Crippen LogP contribution in [0, 0.1) is 6.92 Å². The summed E-state index contributed by atoms with van der Waals surface area (Å²) in [6, 6.07) is 10.2. The van der Waals surface area contributed by atoms with Crippen LogP contribution in [0.15, 0.2) is 45.8 Å². The molecule has 0 aliphatic carbocycles. The average molecular weight is 347 g/mol. The van der Waals surface area contributed by atoms with Crippen molar-refractivity contribution in [2.75, 3.05) is 32.4 Å². The number of aromatic nitrogens is 1. The van der Waals surface area contributed by atoms with Gasteiger partial charge in [-0.2, -0.15) is 0 Å². The summed E-state index contributed by atoms with van der Waals surface area (Å²) in [5.74, 6) is 2.33. The van der Waals surface area contributed by atoms with Gasteiger partial charge in [0.05, 0.1) is 23.5 Å². The van der Waals surface area contributed by atoms with Gasteiger partial charge in [-0.1, -0.05) is 18.2 Å². The second-order valence-electron chi connectivity index (χ2n) is 6.39. The lowest BCUT2D eigenvalue weighted by Crippen LogP contribution is -2.35. The third kappa shape index (κ3) is 4.53. The van der Waals surface area contributed by atoms with Gasteiger partial charge < -0.3 is 9.32 Å². The molecule has 2 heterocycles. The lowest BCUT2D eigenvalue weighted by molar-refractivity contribution is 0.208. The summed E-state index contributed by atoms with van der Waals surface area (Å²) >= 11 is 0. The van der Waals surface area contributed by atoms with Crippen molar-refractivity contribution in [3.63, 3.8) is 0 Å². The minimum Gasteiger partial charge on any atom is -0.445 e. The summed E-state index contributed by atoms with van der Waals surface area (Å²) in [6.07, 6.45) is 2.90. The molecule has 6 heteroatoms. The zero-order valence-corrected chi connectivity index (χ0v) is 15.2. The molecule has 1 aliphatic heterocycles. The topological polar surface area (TPSA) is 49.6 Å². The van der Waals surface area contributed by atoms with E-state index in [-0.39, 0.29) is 0 Å². The Balaban J connectivity index is 1.44. The van der Waals surface area contributed by atoms with Gasteiger partial charge in [-0.05, 0) is 39.1 Å². The van der Waals surface area contributed by atoms with Crippen molar-refractivity contribution in [3.8, 4) is 0 Å². The molecule has 0 amide bonds. The van der Waals surface area contributed by atoms with E-state index in [0.717, 1.165) is 49.1 Å². The van der Waals surface area contributed by atoms with E-state index in [2.05, 4.69) is 21.8 Å². The Bertz CT molecular complexity index is 674. The lowest BCUT2D eigenvalue weighted by Gasteiger charge is -2.23. The largest absolute Gasteiger partial charge is 0.445 e. The van der Waals surface area contributed by atoms with Crippen molar-refractivity contribution >= 4 is 10.8 Å². The highest BCUT2D eigenvalue weighted by molar-refractivity contribution is 7.85. The van der Waals surface area contributed by atoms with Gasteiger partial charge >= 0.3 is 0 Å². The number of oxazole rings is 1. The standard InChI is InChI=1S/C18H25N3O2S/c1-15-12-19-18(23-15)14-20(2)16-8-9-21(13-16)10-11-24(22)17-6-4-3-5-7-17/h3-7,12,16H,8-11,13-14H2,1-2H3. The van der Waals surface area contributed by atoms with Gasteiger partial charge in [0.1, 0.15) is 5.76 Å². The van der Waals surface area contributed by atoms with Gasteiger partial charge in [0.25, 0.3) is 0 Å². The summed E-state index contributed by atoms with van der Waals surface area (Å²) in [5.41, 5.74) is 0. The normalized spacial score (nSPS) is 19.9. The highest BCUT2D eigenvalue weighted by atomic mass is 32.2. The van der Waals surface area contributed by atoms with Crippen molar-refractivity contribution in [1.29, 1.82) is 0 Å². The van der Waals surface area contributed by atoms with Crippen LogP contribution in [0.5, 0.6) is 0 Å². The van der Waals surface area contributed by atoms with E-state index in [0.29, 0.717) is 11.8 Å². The molecular weight excluding hydrogens is 322 g/mol. The number of aryl methyl sites for hydroxylation is 1. The van der Waals surface area contributed by atoms with Crippen molar-refractivity contribution in [1.82, 2.24) is 14.8 Å². The Morgan fingerprint density at radius 1 is 1.38 bits per heavy atom. The molecular formula is C18H25N3O2S. The zero-order chi connectivity index (χ0) is 16.9. The maximum absolute atomic E-state index is 12.3. The summed E-state index contributed by atoms with van der Waals surface area (Å²) in [6.45, 7) is 5.61. The van der Waals surface area contributed by atoms with Gasteiger partial charge in [-0.3, -0.25) is 9.11 Å². The predicted octanol–water partition coefficient (Wildman–Crippen LogP) is 2.30. The highest BCUT2D eigenvalue weighted by Gasteiger charge is 2.26. The number of hydrogen-bond donors (Lipinski definition) is 0. The summed E-state index contributed by atoms with van der Waals surface area (Å²) in [4.78, 5) is 9.91. The van der Waals surface area contributed by atoms with E-state index in [1.165, 1.54) is 0 Å². The molecule has 5 nitrogen and oxygen atoms in total. The summed E-state index contributed by atoms with van der Waals surface area (Å²) in [7, 11) is 1.21. The maximum atomic E-state index is 12.3. The molecule has 0 saturated carbocycles. The van der Waals surface area contributed by atoms with E-state index in [1.54, 1.807) is 6.20 Å². The fourth-order valence-electron chi connectivity index (χ4n) is 3.09. The molecule has 0 bridgehead atoms. The molecule has 1 aliphatic rings. The third-order valence-corrected chi connectivity index (χ3v) is 5.87. The predicted molar refractivity (Wildman–Crippen MR) is 95.3 cm³/mol. The van der Waals surface area contributed by atoms with Crippen LogP contribution in [0.25, 0.3) is 0 Å². The monoisotopic (exact) mass is 347 g/mol. The molecule has 2 unspecified atom stereocenters. The first-order valence-electron chi connectivity index (χ1n) is 8.39. The van der Waals surface area contributed by atoms with Crippen molar-refractivity contribution < 1.29 is 8.63 Å². The SMILES string of the molecule is Cc1cnc(CN(C)C2CCN(CCS(=O)c3ccccc3)C2)o1. The second kappa shape index (κ2) is 8.05. The molecule has 0 radical (unpaired) electrons. The molecule has 1 fully saturated rings. The molecule has 1 aromatic heterocycles. The molecule has 1 saturated heterocycles. The van der Waals surface area contributed by atoms with E-state index in [9.17, 15) is 4.21 Å². The van der Waals surface area contributed by atoms with Gasteiger partial charge in [-0.25, -0.2) is 4.98 Å². The fourth-order valence-corrected chi connectivity index (χ4v) is 4.21. The number of hydrogen-bond acceptors (Lipinski definition) is 5. The minimum atomic E-state index is -0.910. The first-order chi connectivity index (χ1) is 11.6. The number of benzene rings is 1. The Morgan fingerprint density at radius 2 is 2.17 bits per heavy atom. The fraction of sp³-hybridized carbons (Fsp3) is 0.500.